The summed E-state index contributed by atoms with van der Waals surface area (Å²) >= 11 is 4.08. The van der Waals surface area contributed by atoms with Gasteiger partial charge in [0.25, 0.3) is 5.56 Å². The first-order valence-corrected chi connectivity index (χ1v) is 17.3. The molecule has 0 atom stereocenters. The van der Waals surface area contributed by atoms with Crippen molar-refractivity contribution in [3.05, 3.63) is 91.9 Å². The second kappa shape index (κ2) is 12.3. The molecule has 7 nitrogen and oxygen atoms in total. The van der Waals surface area contributed by atoms with Gasteiger partial charge in [-0.2, -0.15) is 0 Å². The summed E-state index contributed by atoms with van der Waals surface area (Å²) in [7, 11) is 0. The van der Waals surface area contributed by atoms with Crippen LogP contribution in [0.4, 0.5) is 5.00 Å². The number of rotatable bonds is 8. The third-order valence-electron chi connectivity index (χ3n) is 7.64. The van der Waals surface area contributed by atoms with Gasteiger partial charge in [0, 0.05) is 15.8 Å². The van der Waals surface area contributed by atoms with Crippen LogP contribution in [0.5, 0.6) is 0 Å². The first-order chi connectivity index (χ1) is 21.2. The van der Waals surface area contributed by atoms with Crippen LogP contribution in [-0.4, -0.2) is 33.8 Å². The van der Waals surface area contributed by atoms with Gasteiger partial charge in [-0.25, -0.2) is 9.78 Å². The number of aromatic nitrogens is 2. The van der Waals surface area contributed by atoms with Gasteiger partial charge in [0.2, 0.25) is 5.91 Å². The summed E-state index contributed by atoms with van der Waals surface area (Å²) in [6, 6.07) is 17.5. The van der Waals surface area contributed by atoms with Crippen LogP contribution in [0, 0.1) is 0 Å². The van der Waals surface area contributed by atoms with Crippen molar-refractivity contribution < 1.29 is 14.3 Å². The number of anilines is 1. The molecule has 5 aromatic rings. The van der Waals surface area contributed by atoms with E-state index in [1.54, 1.807) is 22.8 Å². The highest BCUT2D eigenvalue weighted by atomic mass is 32.2. The summed E-state index contributed by atoms with van der Waals surface area (Å²) < 4.78 is 7.00. The Kier molecular flexibility index (Phi) is 8.50. The zero-order chi connectivity index (χ0) is 31.0. The summed E-state index contributed by atoms with van der Waals surface area (Å²) in [5.74, 6) is -0.784. The van der Waals surface area contributed by atoms with Crippen LogP contribution < -0.4 is 10.9 Å². The number of ether oxygens (including phenoxy) is 1. The molecule has 0 saturated heterocycles. The number of carbonyl (C=O) groups is 2. The highest BCUT2D eigenvalue weighted by Gasteiger charge is 2.26. The zero-order valence-electron chi connectivity index (χ0n) is 25.1. The molecule has 0 saturated carbocycles. The highest BCUT2D eigenvalue weighted by Crippen LogP contribution is 2.38. The lowest BCUT2D eigenvalue weighted by molar-refractivity contribution is -0.113. The quantitative estimate of drug-likeness (QED) is 0.105. The molecule has 226 valence electrons. The van der Waals surface area contributed by atoms with Crippen molar-refractivity contribution in [2.45, 2.75) is 57.5 Å². The summed E-state index contributed by atoms with van der Waals surface area (Å²) in [4.78, 5) is 47.2. The van der Waals surface area contributed by atoms with Crippen molar-refractivity contribution in [1.29, 1.82) is 0 Å². The van der Waals surface area contributed by atoms with E-state index in [9.17, 15) is 14.4 Å². The van der Waals surface area contributed by atoms with E-state index in [2.05, 4.69) is 38.2 Å². The molecule has 6 rings (SSSR count). The van der Waals surface area contributed by atoms with Crippen molar-refractivity contribution in [3.8, 4) is 16.8 Å². The highest BCUT2D eigenvalue weighted by molar-refractivity contribution is 7.99. The Morgan fingerprint density at radius 1 is 1.07 bits per heavy atom. The number of para-hydroxylation sites is 1. The van der Waals surface area contributed by atoms with Gasteiger partial charge in [0.1, 0.15) is 15.4 Å². The average Bonchev–Trinajstić information content (AvgIpc) is 3.71. The van der Waals surface area contributed by atoms with Gasteiger partial charge in [-0.3, -0.25) is 14.2 Å². The summed E-state index contributed by atoms with van der Waals surface area (Å²) in [6.07, 6.45) is 2.92. The molecule has 3 heterocycles. The van der Waals surface area contributed by atoms with Crippen molar-refractivity contribution in [1.82, 2.24) is 9.55 Å². The van der Waals surface area contributed by atoms with Crippen LogP contribution in [-0.2, 0) is 27.8 Å². The van der Waals surface area contributed by atoms with E-state index in [1.807, 2.05) is 47.8 Å². The SMILES string of the molecule is CCOC(=O)c1c(-c2ccc(C(C)(C)C)cc2)csc1NC(=O)CSc1nc2sc3c(c2c(=O)n1-c1ccccc1)CCC3. The van der Waals surface area contributed by atoms with Crippen LogP contribution in [0.25, 0.3) is 27.0 Å². The van der Waals surface area contributed by atoms with Gasteiger partial charge in [-0.1, -0.05) is 75.0 Å². The standard InChI is InChI=1S/C34H33N3O4S3/c1-5-41-32(40)28-24(20-14-16-21(17-15-20)34(2,3)4)18-42-29(28)35-26(38)19-43-33-36-30-27(23-12-9-13-25(23)44-30)31(39)37(33)22-10-7-6-8-11-22/h6-8,10-11,14-18H,5,9,12-13,19H2,1-4H3,(H,35,38). The number of hydrogen-bond acceptors (Lipinski definition) is 8. The van der Waals surface area contributed by atoms with E-state index in [0.29, 0.717) is 32.4 Å². The number of hydrogen-bond donors (Lipinski definition) is 1. The molecule has 3 aromatic heterocycles. The Morgan fingerprint density at radius 3 is 2.52 bits per heavy atom. The third kappa shape index (κ3) is 5.86. The van der Waals surface area contributed by atoms with Crippen LogP contribution in [0.1, 0.15) is 60.5 Å². The minimum atomic E-state index is -0.484. The molecule has 0 spiro atoms. The lowest BCUT2D eigenvalue weighted by Crippen LogP contribution is -2.23. The molecule has 0 unspecified atom stereocenters. The van der Waals surface area contributed by atoms with Crippen molar-refractivity contribution in [3.63, 3.8) is 0 Å². The van der Waals surface area contributed by atoms with E-state index >= 15 is 0 Å². The summed E-state index contributed by atoms with van der Waals surface area (Å²) in [5, 5.41) is 6.40. The van der Waals surface area contributed by atoms with Crippen molar-refractivity contribution in [2.75, 3.05) is 17.7 Å². The van der Waals surface area contributed by atoms with Gasteiger partial charge < -0.3 is 10.1 Å². The van der Waals surface area contributed by atoms with Gasteiger partial charge in [0.15, 0.2) is 5.16 Å². The molecule has 0 bridgehead atoms. The maximum absolute atomic E-state index is 13.9. The zero-order valence-corrected chi connectivity index (χ0v) is 27.5. The van der Waals surface area contributed by atoms with Gasteiger partial charge >= 0.3 is 5.97 Å². The lowest BCUT2D eigenvalue weighted by atomic mass is 9.86. The maximum atomic E-state index is 13.9. The summed E-state index contributed by atoms with van der Waals surface area (Å²) in [5.41, 5.74) is 4.84. The Bertz CT molecular complexity index is 1920. The Hall–Kier alpha value is -3.73. The Morgan fingerprint density at radius 2 is 1.82 bits per heavy atom. The molecule has 0 radical (unpaired) electrons. The van der Waals surface area contributed by atoms with E-state index in [0.717, 1.165) is 35.2 Å². The third-order valence-corrected chi connectivity index (χ3v) is 10.7. The molecule has 1 N–H and O–H groups in total. The Balaban J connectivity index is 1.29. The second-order valence-corrected chi connectivity index (χ2v) is 14.6. The smallest absolute Gasteiger partial charge is 0.341 e. The van der Waals surface area contributed by atoms with E-state index in [1.165, 1.54) is 33.5 Å². The first-order valence-electron chi connectivity index (χ1n) is 14.6. The largest absolute Gasteiger partial charge is 0.462 e. The van der Waals surface area contributed by atoms with Gasteiger partial charge in [-0.05, 0) is 60.4 Å². The number of thiophene rings is 2. The van der Waals surface area contributed by atoms with Crippen LogP contribution in [0.15, 0.2) is 69.9 Å². The van der Waals surface area contributed by atoms with Crippen molar-refractivity contribution in [2.24, 2.45) is 0 Å². The first kappa shape index (κ1) is 30.3. The van der Waals surface area contributed by atoms with Crippen LogP contribution >= 0.6 is 34.4 Å². The second-order valence-electron chi connectivity index (χ2n) is 11.6. The molecule has 1 amide bonds. The van der Waals surface area contributed by atoms with E-state index < -0.39 is 5.97 Å². The van der Waals surface area contributed by atoms with Crippen LogP contribution in [0.3, 0.4) is 0 Å². The lowest BCUT2D eigenvalue weighted by Gasteiger charge is -2.19. The molecule has 44 heavy (non-hydrogen) atoms. The maximum Gasteiger partial charge on any atom is 0.341 e. The number of esters is 1. The molecular formula is C34H33N3O4S3. The van der Waals surface area contributed by atoms with E-state index in [4.69, 9.17) is 9.72 Å². The average molecular weight is 644 g/mol. The molecule has 1 aliphatic carbocycles. The number of benzene rings is 2. The predicted molar refractivity (Wildman–Crippen MR) is 181 cm³/mol. The topological polar surface area (TPSA) is 90.3 Å². The van der Waals surface area contributed by atoms with Crippen LogP contribution in [0.2, 0.25) is 0 Å². The fraction of sp³-hybridized carbons (Fsp3) is 0.294. The number of fused-ring (bicyclic) bond motifs is 3. The number of aryl methyl sites for hydroxylation is 2. The Labute approximate surface area is 268 Å². The number of amides is 1. The molecule has 1 aliphatic rings. The van der Waals surface area contributed by atoms with Gasteiger partial charge in [-0.15, -0.1) is 22.7 Å². The van der Waals surface area contributed by atoms with Crippen molar-refractivity contribution >= 4 is 61.5 Å². The number of nitrogens with one attached hydrogen (secondary N) is 1. The minimum absolute atomic E-state index is 0.00240. The number of thioether (sulfide) groups is 1. The molecule has 2 aromatic carbocycles. The fourth-order valence-electron chi connectivity index (χ4n) is 5.44. The molecule has 0 fully saturated rings. The number of carbonyl (C=O) groups excluding carboxylic acids is 2. The fourth-order valence-corrected chi connectivity index (χ4v) is 8.53. The minimum Gasteiger partial charge on any atom is -0.462 e. The summed E-state index contributed by atoms with van der Waals surface area (Å²) in [6.45, 7) is 8.44. The monoisotopic (exact) mass is 643 g/mol. The van der Waals surface area contributed by atoms with E-state index in [-0.39, 0.29) is 29.2 Å². The molecule has 0 aliphatic heterocycles. The molecular weight excluding hydrogens is 611 g/mol. The normalized spacial score (nSPS) is 12.8. The predicted octanol–water partition coefficient (Wildman–Crippen LogP) is 7.87. The molecule has 10 heteroatoms. The van der Waals surface area contributed by atoms with Gasteiger partial charge in [0.05, 0.1) is 23.4 Å². The number of nitrogens with zero attached hydrogens (tertiary/aromatic N) is 2.